The van der Waals surface area contributed by atoms with Gasteiger partial charge in [0, 0.05) is 22.7 Å². The van der Waals surface area contributed by atoms with Crippen molar-refractivity contribution < 1.29 is 19.1 Å². The van der Waals surface area contributed by atoms with Crippen molar-refractivity contribution in [3.05, 3.63) is 82.6 Å². The summed E-state index contributed by atoms with van der Waals surface area (Å²) in [5, 5.41) is 6.42. The number of ether oxygens (including phenoxy) is 2. The monoisotopic (exact) mass is 393 g/mol. The van der Waals surface area contributed by atoms with Crippen molar-refractivity contribution in [1.29, 1.82) is 0 Å². The van der Waals surface area contributed by atoms with Crippen LogP contribution in [-0.2, 0) is 4.79 Å². The molecule has 0 aliphatic rings. The van der Waals surface area contributed by atoms with E-state index < -0.39 is 5.97 Å². The molecular formula is C22H19NO4S. The highest BCUT2D eigenvalue weighted by Gasteiger charge is 2.09. The zero-order chi connectivity index (χ0) is 19.9. The van der Waals surface area contributed by atoms with Gasteiger partial charge in [-0.3, -0.25) is 4.79 Å². The lowest BCUT2D eigenvalue weighted by Crippen LogP contribution is -2.10. The zero-order valence-corrected chi connectivity index (χ0v) is 16.3. The third-order valence-electron chi connectivity index (χ3n) is 3.98. The van der Waals surface area contributed by atoms with E-state index in [1.807, 2.05) is 36.6 Å². The molecule has 0 atom stereocenters. The molecule has 0 bridgehead atoms. The van der Waals surface area contributed by atoms with Gasteiger partial charge in [-0.1, -0.05) is 18.2 Å². The first-order chi connectivity index (χ1) is 13.6. The lowest BCUT2D eigenvalue weighted by molar-refractivity contribution is -0.128. The second-order valence-electron chi connectivity index (χ2n) is 5.94. The zero-order valence-electron chi connectivity index (χ0n) is 15.5. The summed E-state index contributed by atoms with van der Waals surface area (Å²) in [6.07, 6.45) is 1.42. The van der Waals surface area contributed by atoms with Gasteiger partial charge in [0.1, 0.15) is 11.5 Å². The molecular weight excluding hydrogens is 374 g/mol. The first kappa shape index (κ1) is 19.4. The van der Waals surface area contributed by atoms with E-state index in [-0.39, 0.29) is 5.91 Å². The Bertz CT molecular complexity index is 992. The lowest BCUT2D eigenvalue weighted by atomic mass is 10.1. The molecule has 1 heterocycles. The van der Waals surface area contributed by atoms with Crippen LogP contribution in [0.15, 0.2) is 71.4 Å². The van der Waals surface area contributed by atoms with Crippen molar-refractivity contribution in [3.63, 3.8) is 0 Å². The second-order valence-corrected chi connectivity index (χ2v) is 6.72. The highest BCUT2D eigenvalue weighted by Crippen LogP contribution is 2.25. The van der Waals surface area contributed by atoms with Gasteiger partial charge in [0.25, 0.3) is 5.91 Å². The highest BCUT2D eigenvalue weighted by molar-refractivity contribution is 7.08. The second kappa shape index (κ2) is 9.01. The number of rotatable bonds is 6. The molecule has 0 aliphatic heterocycles. The number of allylic oxidation sites excluding steroid dienone is 1. The van der Waals surface area contributed by atoms with Crippen molar-refractivity contribution in [2.45, 2.75) is 6.92 Å². The number of esters is 1. The molecule has 5 nitrogen and oxygen atoms in total. The normalized spacial score (nSPS) is 11.0. The van der Waals surface area contributed by atoms with Gasteiger partial charge in [-0.2, -0.15) is 11.3 Å². The maximum atomic E-state index is 12.2. The van der Waals surface area contributed by atoms with Gasteiger partial charge in [-0.25, -0.2) is 4.79 Å². The van der Waals surface area contributed by atoms with Gasteiger partial charge in [0.05, 0.1) is 12.7 Å². The van der Waals surface area contributed by atoms with Crippen LogP contribution in [-0.4, -0.2) is 19.0 Å². The van der Waals surface area contributed by atoms with E-state index in [0.29, 0.717) is 22.7 Å². The topological polar surface area (TPSA) is 64.6 Å². The maximum Gasteiger partial charge on any atom is 0.336 e. The largest absolute Gasteiger partial charge is 0.496 e. The van der Waals surface area contributed by atoms with Crippen LogP contribution >= 0.6 is 11.3 Å². The van der Waals surface area contributed by atoms with E-state index in [1.165, 1.54) is 17.4 Å². The number of thiophene rings is 1. The van der Waals surface area contributed by atoms with Crippen molar-refractivity contribution in [1.82, 2.24) is 0 Å². The molecule has 28 heavy (non-hydrogen) atoms. The van der Waals surface area contributed by atoms with Gasteiger partial charge < -0.3 is 14.8 Å². The number of nitrogens with one attached hydrogen (secondary N) is 1. The number of carbonyl (C=O) groups excluding carboxylic acids is 2. The Hall–Kier alpha value is -3.38. The minimum atomic E-state index is -0.488. The predicted molar refractivity (Wildman–Crippen MR) is 111 cm³/mol. The molecule has 3 rings (SSSR count). The summed E-state index contributed by atoms with van der Waals surface area (Å²) in [4.78, 5) is 24.2. The molecule has 0 saturated heterocycles. The third-order valence-corrected chi connectivity index (χ3v) is 4.66. The lowest BCUT2D eigenvalue weighted by Gasteiger charge is -2.09. The van der Waals surface area contributed by atoms with Crippen LogP contribution in [0.1, 0.15) is 22.8 Å². The van der Waals surface area contributed by atoms with Gasteiger partial charge in [-0.05, 0) is 54.3 Å². The van der Waals surface area contributed by atoms with Gasteiger partial charge >= 0.3 is 5.97 Å². The smallest absolute Gasteiger partial charge is 0.336 e. The van der Waals surface area contributed by atoms with E-state index in [9.17, 15) is 9.59 Å². The van der Waals surface area contributed by atoms with Crippen LogP contribution in [0.2, 0.25) is 0 Å². The number of amides is 1. The molecule has 1 amide bonds. The molecule has 6 heteroatoms. The fourth-order valence-corrected chi connectivity index (χ4v) is 3.21. The van der Waals surface area contributed by atoms with Gasteiger partial charge in [-0.15, -0.1) is 0 Å². The number of methoxy groups -OCH3 is 1. The Morgan fingerprint density at radius 1 is 1.04 bits per heavy atom. The minimum absolute atomic E-state index is 0.179. The molecule has 0 spiro atoms. The molecule has 142 valence electrons. The predicted octanol–water partition coefficient (Wildman–Crippen LogP) is 5.02. The molecule has 0 saturated carbocycles. The minimum Gasteiger partial charge on any atom is -0.496 e. The van der Waals surface area contributed by atoms with E-state index in [4.69, 9.17) is 9.47 Å². The van der Waals surface area contributed by atoms with Crippen LogP contribution in [0.25, 0.3) is 5.57 Å². The maximum absolute atomic E-state index is 12.2. The van der Waals surface area contributed by atoms with Crippen molar-refractivity contribution >= 4 is 34.5 Å². The summed E-state index contributed by atoms with van der Waals surface area (Å²) in [6, 6.07) is 15.8. The Morgan fingerprint density at radius 2 is 1.79 bits per heavy atom. The number of carbonyl (C=O) groups is 2. The highest BCUT2D eigenvalue weighted by atomic mass is 32.1. The van der Waals surface area contributed by atoms with E-state index >= 15 is 0 Å². The van der Waals surface area contributed by atoms with Crippen LogP contribution in [0.4, 0.5) is 5.69 Å². The van der Waals surface area contributed by atoms with Gasteiger partial charge in [0.15, 0.2) is 0 Å². The number of para-hydroxylation sites is 1. The quantitative estimate of drug-likeness (QED) is 0.363. The van der Waals surface area contributed by atoms with Crippen LogP contribution in [0, 0.1) is 0 Å². The fraction of sp³-hybridized carbons (Fsp3) is 0.0909. The van der Waals surface area contributed by atoms with Crippen molar-refractivity contribution in [3.8, 4) is 11.5 Å². The van der Waals surface area contributed by atoms with E-state index in [1.54, 1.807) is 42.8 Å². The molecule has 0 aliphatic carbocycles. The van der Waals surface area contributed by atoms with Crippen LogP contribution in [0.5, 0.6) is 11.5 Å². The number of benzene rings is 2. The summed E-state index contributed by atoms with van der Waals surface area (Å²) in [5.74, 6) is 0.414. The first-order valence-electron chi connectivity index (χ1n) is 8.54. The number of hydrogen-bond acceptors (Lipinski definition) is 5. The van der Waals surface area contributed by atoms with Crippen LogP contribution < -0.4 is 14.8 Å². The number of hydrogen-bond donors (Lipinski definition) is 1. The first-order valence-corrected chi connectivity index (χ1v) is 9.48. The summed E-state index contributed by atoms with van der Waals surface area (Å²) < 4.78 is 10.7. The molecule has 0 radical (unpaired) electrons. The van der Waals surface area contributed by atoms with Crippen LogP contribution in [0.3, 0.4) is 0 Å². The summed E-state index contributed by atoms with van der Waals surface area (Å²) in [6.45, 7) is 1.82. The fourth-order valence-electron chi connectivity index (χ4n) is 2.57. The van der Waals surface area contributed by atoms with Gasteiger partial charge in [0.2, 0.25) is 0 Å². The number of anilines is 1. The average molecular weight is 393 g/mol. The Kier molecular flexibility index (Phi) is 6.24. The average Bonchev–Trinajstić information content (AvgIpc) is 3.24. The summed E-state index contributed by atoms with van der Waals surface area (Å²) in [5.41, 5.74) is 2.80. The van der Waals surface area contributed by atoms with E-state index in [0.717, 1.165) is 11.1 Å². The van der Waals surface area contributed by atoms with Crippen molar-refractivity contribution in [2.24, 2.45) is 0 Å². The third kappa shape index (κ3) is 4.86. The molecule has 1 N–H and O–H groups in total. The molecule has 0 unspecified atom stereocenters. The standard InChI is InChI=1S/C22H19NO4S/c1-15(19-5-3-4-6-20(19)26-2)13-21(24)27-18-9-7-17(8-10-18)23-22(25)16-11-12-28-14-16/h3-14H,1-2H3,(H,23,25)/b15-13+. The van der Waals surface area contributed by atoms with Crippen molar-refractivity contribution in [2.75, 3.05) is 12.4 Å². The summed E-state index contributed by atoms with van der Waals surface area (Å²) >= 11 is 1.46. The molecule has 2 aromatic carbocycles. The Balaban J connectivity index is 1.63. The van der Waals surface area contributed by atoms with E-state index in [2.05, 4.69) is 5.32 Å². The summed E-state index contributed by atoms with van der Waals surface area (Å²) in [7, 11) is 1.59. The SMILES string of the molecule is COc1ccccc1/C(C)=C/C(=O)Oc1ccc(NC(=O)c2ccsc2)cc1. The molecule has 0 fully saturated rings. The Morgan fingerprint density at radius 3 is 2.46 bits per heavy atom. The molecule has 3 aromatic rings. The molecule has 1 aromatic heterocycles. The Labute approximate surface area is 167 Å².